The first-order valence-corrected chi connectivity index (χ1v) is 9.35. The van der Waals surface area contributed by atoms with Crippen molar-refractivity contribution in [1.82, 2.24) is 29.9 Å². The predicted molar refractivity (Wildman–Crippen MR) is 103 cm³/mol. The lowest BCUT2D eigenvalue weighted by atomic mass is 9.90. The number of aromatic nitrogens is 6. The Morgan fingerprint density at radius 2 is 2.04 bits per heavy atom. The summed E-state index contributed by atoms with van der Waals surface area (Å²) in [7, 11) is 0. The molecule has 1 aromatic carbocycles. The van der Waals surface area contributed by atoms with Gasteiger partial charge in [-0.3, -0.25) is 5.10 Å². The van der Waals surface area contributed by atoms with E-state index in [4.69, 9.17) is 4.74 Å². The molecule has 5 rings (SSSR count). The third-order valence-electron chi connectivity index (χ3n) is 5.26. The van der Waals surface area contributed by atoms with Crippen molar-refractivity contribution < 1.29 is 9.84 Å². The fourth-order valence-corrected chi connectivity index (χ4v) is 3.72. The van der Waals surface area contributed by atoms with Crippen molar-refractivity contribution >= 4 is 11.0 Å². The van der Waals surface area contributed by atoms with Gasteiger partial charge in [0, 0.05) is 30.4 Å². The minimum atomic E-state index is -0.529. The number of aliphatic hydroxyl groups is 1. The Morgan fingerprint density at radius 1 is 1.14 bits per heavy atom. The number of ether oxygens (including phenoxy) is 1. The third kappa shape index (κ3) is 3.06. The van der Waals surface area contributed by atoms with Gasteiger partial charge >= 0.3 is 0 Å². The first kappa shape index (κ1) is 17.0. The van der Waals surface area contributed by atoms with Gasteiger partial charge in [0.05, 0.1) is 18.0 Å². The van der Waals surface area contributed by atoms with Crippen LogP contribution in [0.5, 0.6) is 0 Å². The van der Waals surface area contributed by atoms with E-state index < -0.39 is 6.10 Å². The Kier molecular flexibility index (Phi) is 4.34. The Morgan fingerprint density at radius 3 is 2.86 bits per heavy atom. The van der Waals surface area contributed by atoms with Gasteiger partial charge < -0.3 is 9.84 Å². The van der Waals surface area contributed by atoms with Gasteiger partial charge in [-0.05, 0) is 42.5 Å². The average Bonchev–Trinajstić information content (AvgIpc) is 3.43. The molecule has 1 aliphatic heterocycles. The number of pyridine rings is 1. The lowest BCUT2D eigenvalue weighted by molar-refractivity contribution is 0.00712. The molecular formula is C20H20N6O2. The van der Waals surface area contributed by atoms with Gasteiger partial charge in [-0.25, -0.2) is 14.6 Å². The summed E-state index contributed by atoms with van der Waals surface area (Å²) >= 11 is 0. The summed E-state index contributed by atoms with van der Waals surface area (Å²) in [4.78, 5) is 8.80. The van der Waals surface area contributed by atoms with E-state index in [1.165, 1.54) is 6.33 Å². The van der Waals surface area contributed by atoms with Crippen molar-refractivity contribution in [2.24, 2.45) is 5.92 Å². The molecule has 0 aliphatic carbocycles. The van der Waals surface area contributed by atoms with E-state index in [1.807, 2.05) is 30.3 Å². The van der Waals surface area contributed by atoms with Gasteiger partial charge in [0.15, 0.2) is 11.5 Å². The molecule has 1 atom stereocenters. The maximum absolute atomic E-state index is 10.7. The largest absolute Gasteiger partial charge is 0.388 e. The molecule has 8 heteroatoms. The highest BCUT2D eigenvalue weighted by atomic mass is 16.5. The number of fused-ring (bicyclic) bond motifs is 1. The summed E-state index contributed by atoms with van der Waals surface area (Å²) in [6, 6.07) is 9.85. The molecule has 4 heterocycles. The summed E-state index contributed by atoms with van der Waals surface area (Å²) in [5, 5.41) is 22.9. The Hall–Kier alpha value is -3.10. The minimum absolute atomic E-state index is 0.210. The maximum atomic E-state index is 10.7. The molecule has 0 radical (unpaired) electrons. The number of hydrogen-bond donors (Lipinski definition) is 2. The zero-order valence-electron chi connectivity index (χ0n) is 15.2. The van der Waals surface area contributed by atoms with Crippen LogP contribution in [-0.4, -0.2) is 48.3 Å². The van der Waals surface area contributed by atoms with Crippen LogP contribution in [0.4, 0.5) is 0 Å². The molecule has 1 aliphatic rings. The van der Waals surface area contributed by atoms with E-state index in [0.717, 1.165) is 40.7 Å². The second-order valence-corrected chi connectivity index (χ2v) is 7.02. The average molecular weight is 376 g/mol. The molecule has 0 bridgehead atoms. The highest BCUT2D eigenvalue weighted by Crippen LogP contribution is 2.31. The lowest BCUT2D eigenvalue weighted by Crippen LogP contribution is -2.22. The number of aromatic amines is 1. The topological polar surface area (TPSA) is 102 Å². The number of nitrogens with one attached hydrogen (secondary N) is 1. The second kappa shape index (κ2) is 7.14. The van der Waals surface area contributed by atoms with E-state index in [0.29, 0.717) is 19.0 Å². The fraction of sp³-hybridized carbons (Fsp3) is 0.300. The summed E-state index contributed by atoms with van der Waals surface area (Å²) in [5.74, 6) is 0.912. The highest BCUT2D eigenvalue weighted by Gasteiger charge is 2.24. The maximum Gasteiger partial charge on any atom is 0.162 e. The standard InChI is InChI=1S/C20H20N6O2/c27-18(13-4-6-28-7-5-13)15-8-16-11-24-26(20(16)21-10-15)17-3-1-2-14(9-17)19-22-12-23-25-19/h1-3,8-13,18,27H,4-7H2,(H,22,23,25)/t18-/m0/s1. The Balaban J connectivity index is 1.48. The van der Waals surface area contributed by atoms with Gasteiger partial charge in [0.2, 0.25) is 0 Å². The zero-order valence-corrected chi connectivity index (χ0v) is 15.2. The smallest absolute Gasteiger partial charge is 0.162 e. The molecule has 0 amide bonds. The van der Waals surface area contributed by atoms with Crippen molar-refractivity contribution in [3.63, 3.8) is 0 Å². The molecule has 8 nitrogen and oxygen atoms in total. The van der Waals surface area contributed by atoms with Gasteiger partial charge in [0.25, 0.3) is 0 Å². The van der Waals surface area contributed by atoms with Crippen molar-refractivity contribution in [2.45, 2.75) is 18.9 Å². The molecule has 3 aromatic heterocycles. The molecular weight excluding hydrogens is 356 g/mol. The minimum Gasteiger partial charge on any atom is -0.388 e. The molecule has 28 heavy (non-hydrogen) atoms. The van der Waals surface area contributed by atoms with E-state index in [9.17, 15) is 5.11 Å². The van der Waals surface area contributed by atoms with Gasteiger partial charge in [-0.15, -0.1) is 0 Å². The summed E-state index contributed by atoms with van der Waals surface area (Å²) in [6.45, 7) is 1.41. The molecule has 4 aromatic rings. The van der Waals surface area contributed by atoms with Crippen molar-refractivity contribution in [3.05, 3.63) is 54.6 Å². The first-order valence-electron chi connectivity index (χ1n) is 9.35. The van der Waals surface area contributed by atoms with E-state index >= 15 is 0 Å². The van der Waals surface area contributed by atoms with Crippen LogP contribution < -0.4 is 0 Å². The van der Waals surface area contributed by atoms with Crippen LogP contribution in [0.25, 0.3) is 28.1 Å². The lowest BCUT2D eigenvalue weighted by Gasteiger charge is -2.26. The number of rotatable bonds is 4. The van der Waals surface area contributed by atoms with Crippen LogP contribution in [0.15, 0.2) is 49.1 Å². The highest BCUT2D eigenvalue weighted by molar-refractivity contribution is 5.77. The van der Waals surface area contributed by atoms with E-state index in [1.54, 1.807) is 17.1 Å². The number of aliphatic hydroxyl groups excluding tert-OH is 1. The van der Waals surface area contributed by atoms with Crippen molar-refractivity contribution in [3.8, 4) is 17.1 Å². The predicted octanol–water partition coefficient (Wildman–Crippen LogP) is 2.67. The van der Waals surface area contributed by atoms with Gasteiger partial charge in [0.1, 0.15) is 6.33 Å². The second-order valence-electron chi connectivity index (χ2n) is 7.02. The molecule has 0 unspecified atom stereocenters. The van der Waals surface area contributed by atoms with Crippen LogP contribution in [0.2, 0.25) is 0 Å². The molecule has 0 saturated carbocycles. The number of H-pyrrole nitrogens is 1. The van der Waals surface area contributed by atoms with Crippen molar-refractivity contribution in [2.75, 3.05) is 13.2 Å². The summed E-state index contributed by atoms with van der Waals surface area (Å²) < 4.78 is 7.19. The number of benzene rings is 1. The quantitative estimate of drug-likeness (QED) is 0.568. The van der Waals surface area contributed by atoms with Crippen LogP contribution in [0, 0.1) is 5.92 Å². The third-order valence-corrected chi connectivity index (χ3v) is 5.26. The summed E-state index contributed by atoms with van der Waals surface area (Å²) in [6.07, 6.45) is 6.22. The van der Waals surface area contributed by atoms with Crippen LogP contribution in [-0.2, 0) is 4.74 Å². The monoisotopic (exact) mass is 376 g/mol. The Bertz CT molecular complexity index is 1090. The van der Waals surface area contributed by atoms with E-state index in [2.05, 4.69) is 25.3 Å². The van der Waals surface area contributed by atoms with Crippen molar-refractivity contribution in [1.29, 1.82) is 0 Å². The normalized spacial score (nSPS) is 16.5. The number of nitrogens with zero attached hydrogens (tertiary/aromatic N) is 5. The van der Waals surface area contributed by atoms with E-state index in [-0.39, 0.29) is 5.92 Å². The zero-order chi connectivity index (χ0) is 18.9. The van der Waals surface area contributed by atoms with Gasteiger partial charge in [-0.1, -0.05) is 12.1 Å². The molecule has 142 valence electrons. The molecule has 2 N–H and O–H groups in total. The fourth-order valence-electron chi connectivity index (χ4n) is 3.72. The van der Waals surface area contributed by atoms with Crippen LogP contribution >= 0.6 is 0 Å². The van der Waals surface area contributed by atoms with Gasteiger partial charge in [-0.2, -0.15) is 10.2 Å². The van der Waals surface area contributed by atoms with Crippen LogP contribution in [0.3, 0.4) is 0 Å². The number of hydrogen-bond acceptors (Lipinski definition) is 6. The molecule has 1 saturated heterocycles. The first-order chi connectivity index (χ1) is 13.8. The van der Waals surface area contributed by atoms with Crippen LogP contribution in [0.1, 0.15) is 24.5 Å². The SMILES string of the molecule is O[C@H](c1cnc2c(cnn2-c2cccc(-c3ncn[nH]3)c2)c1)C1CCOCC1. The summed E-state index contributed by atoms with van der Waals surface area (Å²) in [5.41, 5.74) is 3.38. The Labute approximate surface area is 161 Å². The molecule has 1 fully saturated rings. The molecule has 0 spiro atoms.